The summed E-state index contributed by atoms with van der Waals surface area (Å²) in [4.78, 5) is 41.4. The van der Waals surface area contributed by atoms with Crippen molar-refractivity contribution >= 4 is 28.2 Å². The largest absolute Gasteiger partial charge is 0.398 e. The number of aryl methyl sites for hydroxylation is 1. The highest BCUT2D eigenvalue weighted by Gasteiger charge is 2.30. The minimum atomic E-state index is -2.83. The lowest BCUT2D eigenvalue weighted by atomic mass is 9.92. The number of nitrogens with zero attached hydrogens (tertiary/aromatic N) is 2. The van der Waals surface area contributed by atoms with E-state index < -0.39 is 89.8 Å². The van der Waals surface area contributed by atoms with Crippen LogP contribution >= 0.6 is 0 Å². The van der Waals surface area contributed by atoms with Crippen LogP contribution in [0.5, 0.6) is 0 Å². The molecular formula is C15H15N3O3. The average Bonchev–Trinajstić information content (AvgIpc) is 2.66. The summed E-state index contributed by atoms with van der Waals surface area (Å²) in [5, 5.41) is -0.564. The number of rotatable bonds is 1. The second kappa shape index (κ2) is 4.80. The van der Waals surface area contributed by atoms with E-state index in [-0.39, 0.29) is 0 Å². The Hall–Kier alpha value is -2.50. The molecule has 6 nitrogen and oxygen atoms in total. The van der Waals surface area contributed by atoms with Crippen LogP contribution in [0.1, 0.15) is 42.0 Å². The minimum Gasteiger partial charge on any atom is -0.398 e. The number of carbonyl (C=O) groups excluding carboxylic acids is 2. The molecule has 108 valence electrons. The smallest absolute Gasteiger partial charge is 0.264 e. The first-order valence-electron chi connectivity index (χ1n) is 10.2. The van der Waals surface area contributed by atoms with Gasteiger partial charge in [-0.25, -0.2) is 4.98 Å². The first-order valence-corrected chi connectivity index (χ1v) is 5.93. The molecule has 1 fully saturated rings. The van der Waals surface area contributed by atoms with Crippen LogP contribution < -0.4 is 11.3 Å². The molecule has 0 radical (unpaired) electrons. The first kappa shape index (κ1) is 6.98. The maximum absolute atomic E-state index is 13.2. The summed E-state index contributed by atoms with van der Waals surface area (Å²) in [6.45, 7) is -2.04. The van der Waals surface area contributed by atoms with Crippen LogP contribution in [0, 0.1) is 6.88 Å². The highest BCUT2D eigenvalue weighted by Crippen LogP contribution is 2.24. The van der Waals surface area contributed by atoms with Crippen molar-refractivity contribution in [1.29, 1.82) is 0 Å². The number of nitrogens with two attached hydrogens (primary N) is 1. The van der Waals surface area contributed by atoms with Gasteiger partial charge in [0.1, 0.15) is 11.6 Å². The van der Waals surface area contributed by atoms with Gasteiger partial charge in [-0.3, -0.25) is 19.0 Å². The minimum absolute atomic E-state index is 0.298. The third-order valence-electron chi connectivity index (χ3n) is 3.05. The van der Waals surface area contributed by atoms with Crippen molar-refractivity contribution in [2.75, 3.05) is 5.73 Å². The van der Waals surface area contributed by atoms with Crippen molar-refractivity contribution in [3.05, 3.63) is 34.3 Å². The van der Waals surface area contributed by atoms with Gasteiger partial charge < -0.3 is 5.73 Å². The molecule has 2 aromatic rings. The number of fused-ring (bicyclic) bond motifs is 1. The molecule has 1 aromatic carbocycles. The zero-order valence-corrected chi connectivity index (χ0v) is 10.6. The van der Waals surface area contributed by atoms with Gasteiger partial charge in [0, 0.05) is 17.6 Å². The Morgan fingerprint density at radius 2 is 2.33 bits per heavy atom. The molecule has 0 spiro atoms. The van der Waals surface area contributed by atoms with Crippen LogP contribution in [0.15, 0.2) is 22.9 Å². The molecule has 21 heavy (non-hydrogen) atoms. The van der Waals surface area contributed by atoms with E-state index >= 15 is 0 Å². The van der Waals surface area contributed by atoms with Crippen LogP contribution in [0.2, 0.25) is 0 Å². The van der Waals surface area contributed by atoms with Gasteiger partial charge in [0.25, 0.3) is 5.56 Å². The second-order valence-electron chi connectivity index (χ2n) is 4.41. The van der Waals surface area contributed by atoms with Crippen molar-refractivity contribution in [1.82, 2.24) is 9.55 Å². The lowest BCUT2D eigenvalue weighted by Crippen LogP contribution is -2.36. The van der Waals surface area contributed by atoms with Crippen molar-refractivity contribution in [3.8, 4) is 0 Å². The normalized spacial score (nSPS) is 35.3. The maximum atomic E-state index is 13.2. The number of hydrogen-bond donors (Lipinski definition) is 1. The number of benzene rings is 1. The van der Waals surface area contributed by atoms with Crippen LogP contribution in [0.3, 0.4) is 0 Å². The molecule has 0 amide bonds. The van der Waals surface area contributed by atoms with Gasteiger partial charge in [0.05, 0.1) is 28.8 Å². The molecule has 0 saturated heterocycles. The Morgan fingerprint density at radius 1 is 1.52 bits per heavy atom. The lowest BCUT2D eigenvalue weighted by molar-refractivity contribution is -0.132. The fourth-order valence-electron chi connectivity index (χ4n) is 2.10. The summed E-state index contributed by atoms with van der Waals surface area (Å²) in [5.74, 6) is -2.84. The first-order chi connectivity index (χ1) is 13.3. The van der Waals surface area contributed by atoms with Crippen molar-refractivity contribution in [2.45, 2.75) is 32.1 Å². The molecule has 1 heterocycles. The van der Waals surface area contributed by atoms with Crippen molar-refractivity contribution < 1.29 is 20.6 Å². The van der Waals surface area contributed by atoms with Gasteiger partial charge in [-0.1, -0.05) is 6.04 Å². The summed E-state index contributed by atoms with van der Waals surface area (Å²) >= 11 is 0. The lowest BCUT2D eigenvalue weighted by Gasteiger charge is -2.24. The van der Waals surface area contributed by atoms with E-state index in [0.717, 1.165) is 0 Å². The quantitative estimate of drug-likeness (QED) is 0.628. The Bertz CT molecular complexity index is 1130. The Morgan fingerprint density at radius 3 is 3.10 bits per heavy atom. The van der Waals surface area contributed by atoms with Gasteiger partial charge in [0.15, 0.2) is 5.78 Å². The molecule has 1 aliphatic rings. The number of aromatic nitrogens is 2. The number of ketones is 2. The van der Waals surface area contributed by atoms with E-state index in [1.807, 2.05) is 0 Å². The second-order valence-corrected chi connectivity index (χ2v) is 4.41. The monoisotopic (exact) mass is 293 g/mol. The van der Waals surface area contributed by atoms with E-state index in [1.165, 1.54) is 0 Å². The number of nitrogen functional groups attached to an aromatic ring is 1. The highest BCUT2D eigenvalue weighted by atomic mass is 16.2. The predicted octanol–water partition coefficient (Wildman–Crippen LogP) is 1.15. The molecular weight excluding hydrogens is 270 g/mol. The van der Waals surface area contributed by atoms with E-state index in [2.05, 4.69) is 4.98 Å². The molecule has 0 aliphatic heterocycles. The van der Waals surface area contributed by atoms with Gasteiger partial charge in [0.2, 0.25) is 0 Å². The fourth-order valence-corrected chi connectivity index (χ4v) is 2.10. The van der Waals surface area contributed by atoms with Crippen LogP contribution in [0.4, 0.5) is 5.69 Å². The number of carbonyl (C=O) groups is 2. The van der Waals surface area contributed by atoms with Gasteiger partial charge in [-0.15, -0.1) is 0 Å². The van der Waals surface area contributed by atoms with Crippen molar-refractivity contribution in [3.63, 3.8) is 0 Å². The summed E-state index contributed by atoms with van der Waals surface area (Å²) in [7, 11) is 0. The third-order valence-corrected chi connectivity index (χ3v) is 3.05. The summed E-state index contributed by atoms with van der Waals surface area (Å²) in [6.07, 6.45) is -4.75. The molecule has 2 N–H and O–H groups in total. The van der Waals surface area contributed by atoms with E-state index in [4.69, 9.17) is 16.7 Å². The maximum Gasteiger partial charge on any atom is 0.264 e. The summed E-state index contributed by atoms with van der Waals surface area (Å²) in [5.41, 5.74) is 3.48. The van der Waals surface area contributed by atoms with Gasteiger partial charge in [-0.2, -0.15) is 0 Å². The highest BCUT2D eigenvalue weighted by molar-refractivity contribution is 6.03. The zero-order valence-electron chi connectivity index (χ0n) is 18.6. The Labute approximate surface area is 131 Å². The average molecular weight is 293 g/mol. The zero-order chi connectivity index (χ0) is 22.0. The summed E-state index contributed by atoms with van der Waals surface area (Å²) in [6, 6.07) is -4.78. The van der Waals surface area contributed by atoms with Gasteiger partial charge in [-0.05, 0) is 25.4 Å². The molecule has 6 heteroatoms. The van der Waals surface area contributed by atoms with Crippen molar-refractivity contribution in [2.24, 2.45) is 0 Å². The topological polar surface area (TPSA) is 95.0 Å². The predicted molar refractivity (Wildman–Crippen MR) is 78.1 cm³/mol. The Kier molecular flexibility index (Phi) is 1.59. The fraction of sp³-hybridized carbons (Fsp3) is 0.333. The molecule has 1 saturated carbocycles. The summed E-state index contributed by atoms with van der Waals surface area (Å²) < 4.78 is 63.5. The molecule has 3 rings (SSSR count). The SMILES string of the molecule is [2H]c1c([2H])c(N)c2c(=O)n(C3([2H])C(=O)CC(=O)C([2H])C3[2H])c(C([2H])[2H])nc2c1[2H]. The van der Waals surface area contributed by atoms with E-state index in [0.29, 0.717) is 4.57 Å². The van der Waals surface area contributed by atoms with Gasteiger partial charge >= 0.3 is 0 Å². The molecule has 0 bridgehead atoms. The molecule has 1 aromatic heterocycles. The standard InChI is InChI=1S/C15H15N3O3/c1-8-17-11-4-2-3-10(16)14(11)15(21)18(8)12-6-5-9(19)7-13(12)20/h2-4,12H,5-7,16H2,1H3/i1D2,2D,3D,4D,5D,6D,12D. The van der Waals surface area contributed by atoms with Crippen LogP contribution in [-0.4, -0.2) is 21.1 Å². The number of Topliss-reactive ketones (excluding diaryl/α,β-unsaturated/α-hetero) is 2. The van der Waals surface area contributed by atoms with E-state index in [1.54, 1.807) is 0 Å². The number of hydrogen-bond acceptors (Lipinski definition) is 5. The molecule has 3 atom stereocenters. The Balaban J connectivity index is 2.53. The molecule has 3 unspecified atom stereocenters. The van der Waals surface area contributed by atoms with Crippen LogP contribution in [0.25, 0.3) is 10.9 Å². The van der Waals surface area contributed by atoms with E-state index in [9.17, 15) is 14.4 Å². The molecule has 1 aliphatic carbocycles. The van der Waals surface area contributed by atoms with Crippen LogP contribution in [-0.2, 0) is 9.59 Å². The number of anilines is 1. The third kappa shape index (κ3) is 2.12.